The molecular weight excluding hydrogens is 243 g/mol. The van der Waals surface area contributed by atoms with E-state index in [1.807, 2.05) is 6.07 Å². The molecule has 0 aliphatic heterocycles. The van der Waals surface area contributed by atoms with Crippen molar-refractivity contribution >= 4 is 0 Å². The maximum atomic E-state index is 13.3. The van der Waals surface area contributed by atoms with Crippen LogP contribution in [0.5, 0.6) is 0 Å². The lowest BCUT2D eigenvalue weighted by Gasteiger charge is -2.05. The van der Waals surface area contributed by atoms with Crippen LogP contribution in [0.1, 0.15) is 11.3 Å². The molecule has 0 spiro atoms. The molecule has 0 aliphatic rings. The van der Waals surface area contributed by atoms with Crippen molar-refractivity contribution < 1.29 is 13.2 Å². The number of nitrogens with one attached hydrogen (secondary N) is 1. The van der Waals surface area contributed by atoms with Gasteiger partial charge in [0.15, 0.2) is 11.6 Å². The van der Waals surface area contributed by atoms with Crippen molar-refractivity contribution in [1.82, 2.24) is 15.1 Å². The van der Waals surface area contributed by atoms with Gasteiger partial charge in [-0.1, -0.05) is 0 Å². The summed E-state index contributed by atoms with van der Waals surface area (Å²) in [6.45, 7) is 0.541. The van der Waals surface area contributed by atoms with Gasteiger partial charge >= 0.3 is 0 Å². The summed E-state index contributed by atoms with van der Waals surface area (Å²) in [7, 11) is 1.79. The minimum absolute atomic E-state index is 0.0878. The largest absolute Gasteiger partial charge is 0.307 e. The molecule has 1 N–H and O–H groups in total. The van der Waals surface area contributed by atoms with Crippen LogP contribution >= 0.6 is 0 Å². The minimum Gasteiger partial charge on any atom is -0.307 e. The highest BCUT2D eigenvalue weighted by Crippen LogP contribution is 2.13. The molecule has 6 heteroatoms. The molecule has 0 bridgehead atoms. The van der Waals surface area contributed by atoms with Gasteiger partial charge in [0, 0.05) is 38.0 Å². The normalized spacial score (nSPS) is 10.9. The number of aromatic nitrogens is 2. The van der Waals surface area contributed by atoms with Crippen LogP contribution in [0.25, 0.3) is 0 Å². The minimum atomic E-state index is -1.18. The summed E-state index contributed by atoms with van der Waals surface area (Å²) in [6.07, 6.45) is 1.79. The first-order valence-electron chi connectivity index (χ1n) is 5.39. The first kappa shape index (κ1) is 12.6. The summed E-state index contributed by atoms with van der Waals surface area (Å²) in [4.78, 5) is 0. The van der Waals surface area contributed by atoms with Crippen molar-refractivity contribution in [1.29, 1.82) is 0 Å². The van der Waals surface area contributed by atoms with Crippen LogP contribution < -0.4 is 5.32 Å². The molecule has 0 amide bonds. The number of benzene rings is 1. The Hall–Kier alpha value is -1.82. The molecule has 0 unspecified atom stereocenters. The maximum Gasteiger partial charge on any atom is 0.161 e. The number of nitrogens with zero attached hydrogens (tertiary/aromatic N) is 2. The molecule has 1 aromatic heterocycles. The maximum absolute atomic E-state index is 13.3. The van der Waals surface area contributed by atoms with Gasteiger partial charge in [0.25, 0.3) is 0 Å². The number of halogens is 3. The molecule has 18 heavy (non-hydrogen) atoms. The van der Waals surface area contributed by atoms with Gasteiger partial charge in [-0.2, -0.15) is 5.10 Å². The lowest BCUT2D eigenvalue weighted by molar-refractivity contribution is 0.486. The van der Waals surface area contributed by atoms with E-state index in [2.05, 4.69) is 10.4 Å². The predicted molar refractivity (Wildman–Crippen MR) is 60.1 cm³/mol. The topological polar surface area (TPSA) is 29.9 Å². The molecule has 0 atom stereocenters. The van der Waals surface area contributed by atoms with Gasteiger partial charge in [-0.15, -0.1) is 0 Å². The molecule has 0 aliphatic carbocycles. The summed E-state index contributed by atoms with van der Waals surface area (Å²) >= 11 is 0. The third kappa shape index (κ3) is 2.89. The second-order valence-electron chi connectivity index (χ2n) is 3.94. The Morgan fingerprint density at radius 3 is 2.50 bits per heavy atom. The molecule has 0 saturated carbocycles. The lowest BCUT2D eigenvalue weighted by Crippen LogP contribution is -2.14. The van der Waals surface area contributed by atoms with E-state index in [1.165, 1.54) is 0 Å². The molecule has 1 aromatic carbocycles. The quantitative estimate of drug-likeness (QED) is 0.848. The van der Waals surface area contributed by atoms with Crippen LogP contribution in [0.15, 0.2) is 24.4 Å². The van der Waals surface area contributed by atoms with Crippen molar-refractivity contribution in [3.05, 3.63) is 53.1 Å². The van der Waals surface area contributed by atoms with E-state index < -0.39 is 17.5 Å². The van der Waals surface area contributed by atoms with Gasteiger partial charge in [-0.3, -0.25) is 4.68 Å². The van der Waals surface area contributed by atoms with Gasteiger partial charge in [0.05, 0.1) is 5.69 Å². The Kier molecular flexibility index (Phi) is 3.66. The first-order chi connectivity index (χ1) is 8.56. The summed E-state index contributed by atoms with van der Waals surface area (Å²) < 4.78 is 40.6. The molecule has 2 rings (SSSR count). The van der Waals surface area contributed by atoms with E-state index in [9.17, 15) is 13.2 Å². The van der Waals surface area contributed by atoms with Gasteiger partial charge < -0.3 is 5.32 Å². The average Bonchev–Trinajstić information content (AvgIpc) is 2.71. The van der Waals surface area contributed by atoms with E-state index in [-0.39, 0.29) is 12.1 Å². The highest BCUT2D eigenvalue weighted by Gasteiger charge is 2.09. The number of hydrogen-bond acceptors (Lipinski definition) is 2. The SMILES string of the molecule is Cn1ccc(CNCc2cc(F)c(F)cc2F)n1. The summed E-state index contributed by atoms with van der Waals surface area (Å²) in [5.74, 6) is -2.99. The lowest BCUT2D eigenvalue weighted by atomic mass is 10.2. The molecule has 0 saturated heterocycles. The van der Waals surface area contributed by atoms with Gasteiger partial charge in [-0.25, -0.2) is 13.2 Å². The molecule has 96 valence electrons. The molecule has 0 fully saturated rings. The fraction of sp³-hybridized carbons (Fsp3) is 0.250. The molecular formula is C12H12F3N3. The molecule has 2 aromatic rings. The fourth-order valence-corrected chi connectivity index (χ4v) is 1.58. The second-order valence-corrected chi connectivity index (χ2v) is 3.94. The Bertz CT molecular complexity index is 551. The van der Waals surface area contributed by atoms with Crippen LogP contribution in [0, 0.1) is 17.5 Å². The number of aryl methyl sites for hydroxylation is 1. The van der Waals surface area contributed by atoms with Crippen LogP contribution in [0.4, 0.5) is 13.2 Å². The van der Waals surface area contributed by atoms with Crippen LogP contribution in [-0.2, 0) is 20.1 Å². The van der Waals surface area contributed by atoms with E-state index in [4.69, 9.17) is 0 Å². The van der Waals surface area contributed by atoms with Crippen molar-refractivity contribution in [3.8, 4) is 0 Å². The van der Waals surface area contributed by atoms with E-state index in [0.29, 0.717) is 12.6 Å². The van der Waals surface area contributed by atoms with Crippen molar-refractivity contribution in [2.24, 2.45) is 7.05 Å². The Morgan fingerprint density at radius 1 is 1.11 bits per heavy atom. The summed E-state index contributed by atoms with van der Waals surface area (Å²) in [5, 5.41) is 7.04. The third-order valence-electron chi connectivity index (χ3n) is 2.48. The Labute approximate surface area is 102 Å². The molecule has 1 heterocycles. The zero-order chi connectivity index (χ0) is 13.1. The van der Waals surface area contributed by atoms with Crippen molar-refractivity contribution in [2.45, 2.75) is 13.1 Å². The predicted octanol–water partition coefficient (Wildman–Crippen LogP) is 2.13. The first-order valence-corrected chi connectivity index (χ1v) is 5.39. The average molecular weight is 255 g/mol. The molecule has 3 nitrogen and oxygen atoms in total. The Balaban J connectivity index is 1.96. The van der Waals surface area contributed by atoms with Crippen molar-refractivity contribution in [3.63, 3.8) is 0 Å². The van der Waals surface area contributed by atoms with E-state index in [0.717, 1.165) is 11.8 Å². The van der Waals surface area contributed by atoms with Gasteiger partial charge in [0.2, 0.25) is 0 Å². The van der Waals surface area contributed by atoms with E-state index in [1.54, 1.807) is 17.9 Å². The van der Waals surface area contributed by atoms with Crippen LogP contribution in [0.2, 0.25) is 0 Å². The molecule has 0 radical (unpaired) electrons. The third-order valence-corrected chi connectivity index (χ3v) is 2.48. The zero-order valence-corrected chi connectivity index (χ0v) is 9.75. The van der Waals surface area contributed by atoms with Crippen molar-refractivity contribution in [2.75, 3.05) is 0 Å². The highest BCUT2D eigenvalue weighted by molar-refractivity contribution is 5.20. The van der Waals surface area contributed by atoms with E-state index >= 15 is 0 Å². The fourth-order valence-electron chi connectivity index (χ4n) is 1.58. The second kappa shape index (κ2) is 5.22. The summed E-state index contributed by atoms with van der Waals surface area (Å²) in [6, 6.07) is 3.22. The van der Waals surface area contributed by atoms with Gasteiger partial charge in [0.1, 0.15) is 5.82 Å². The Morgan fingerprint density at radius 2 is 1.83 bits per heavy atom. The standard InChI is InChI=1S/C12H12F3N3/c1-18-3-2-9(17-18)7-16-6-8-4-11(14)12(15)5-10(8)13/h2-5,16H,6-7H2,1H3. The van der Waals surface area contributed by atoms with Crippen LogP contribution in [0.3, 0.4) is 0 Å². The number of rotatable bonds is 4. The van der Waals surface area contributed by atoms with Crippen LogP contribution in [-0.4, -0.2) is 9.78 Å². The monoisotopic (exact) mass is 255 g/mol. The smallest absolute Gasteiger partial charge is 0.161 e. The zero-order valence-electron chi connectivity index (χ0n) is 9.75. The summed E-state index contributed by atoms with van der Waals surface area (Å²) in [5.41, 5.74) is 0.880. The van der Waals surface area contributed by atoms with Gasteiger partial charge in [-0.05, 0) is 12.1 Å². The number of hydrogen-bond donors (Lipinski definition) is 1. The highest BCUT2D eigenvalue weighted by atomic mass is 19.2.